The lowest BCUT2D eigenvalue weighted by atomic mass is 10.1. The number of rotatable bonds is 3. The predicted octanol–water partition coefficient (Wildman–Crippen LogP) is 2.14. The number of carbonyl (C=O) groups excluding carboxylic acids is 1. The van der Waals surface area contributed by atoms with Crippen molar-refractivity contribution < 1.29 is 17.6 Å². The van der Waals surface area contributed by atoms with E-state index < -0.39 is 27.3 Å². The van der Waals surface area contributed by atoms with E-state index >= 15 is 0 Å². The van der Waals surface area contributed by atoms with Crippen LogP contribution < -0.4 is 0 Å². The van der Waals surface area contributed by atoms with Gasteiger partial charge in [-0.05, 0) is 29.3 Å². The van der Waals surface area contributed by atoms with Crippen molar-refractivity contribution in [2.45, 2.75) is 18.0 Å². The average Bonchev–Trinajstić information content (AvgIpc) is 2.91. The highest BCUT2D eigenvalue weighted by Crippen LogP contribution is 2.23. The van der Waals surface area contributed by atoms with Gasteiger partial charge in [-0.3, -0.25) is 4.79 Å². The molecule has 1 aliphatic rings. The summed E-state index contributed by atoms with van der Waals surface area (Å²) in [5.41, 5.74) is 2.05. The van der Waals surface area contributed by atoms with Crippen LogP contribution in [0.3, 0.4) is 0 Å². The summed E-state index contributed by atoms with van der Waals surface area (Å²) >= 11 is 0. The highest BCUT2D eigenvalue weighted by Gasteiger charge is 2.27. The quantitative estimate of drug-likeness (QED) is 0.871. The molecule has 0 fully saturated rings. The van der Waals surface area contributed by atoms with Crippen LogP contribution in [0.1, 0.15) is 11.1 Å². The summed E-state index contributed by atoms with van der Waals surface area (Å²) in [6.07, 6.45) is 0. The standard InChI is InChI=1S/C16H14FNO3S/c17-14-6-3-7-15(8-14)22(20,21)11-16(19)18-9-12-4-1-2-5-13(12)10-18/h1-8H,9-11H2. The number of benzene rings is 2. The molecule has 0 N–H and O–H groups in total. The monoisotopic (exact) mass is 319 g/mol. The van der Waals surface area contributed by atoms with Crippen LogP contribution in [0, 0.1) is 5.82 Å². The van der Waals surface area contributed by atoms with Gasteiger partial charge in [0.25, 0.3) is 0 Å². The topological polar surface area (TPSA) is 54.5 Å². The molecule has 4 nitrogen and oxygen atoms in total. The van der Waals surface area contributed by atoms with Crippen molar-refractivity contribution in [1.29, 1.82) is 0 Å². The molecule has 0 spiro atoms. The van der Waals surface area contributed by atoms with Crippen molar-refractivity contribution in [3.63, 3.8) is 0 Å². The van der Waals surface area contributed by atoms with Gasteiger partial charge in [0.15, 0.2) is 9.84 Å². The molecule has 2 aromatic rings. The van der Waals surface area contributed by atoms with E-state index in [0.29, 0.717) is 13.1 Å². The van der Waals surface area contributed by atoms with Gasteiger partial charge < -0.3 is 4.90 Å². The second-order valence-electron chi connectivity index (χ2n) is 5.23. The van der Waals surface area contributed by atoms with Crippen LogP contribution in [0.5, 0.6) is 0 Å². The zero-order valence-corrected chi connectivity index (χ0v) is 12.5. The Hall–Kier alpha value is -2.21. The Morgan fingerprint density at radius 3 is 2.27 bits per heavy atom. The maximum atomic E-state index is 13.2. The van der Waals surface area contributed by atoms with Crippen molar-refractivity contribution >= 4 is 15.7 Å². The third-order valence-corrected chi connectivity index (χ3v) is 5.26. The fourth-order valence-electron chi connectivity index (χ4n) is 2.51. The SMILES string of the molecule is O=C(CS(=O)(=O)c1cccc(F)c1)N1Cc2ccccc2C1. The minimum atomic E-state index is -3.84. The van der Waals surface area contributed by atoms with Crippen LogP contribution >= 0.6 is 0 Å². The van der Waals surface area contributed by atoms with E-state index in [4.69, 9.17) is 0 Å². The van der Waals surface area contributed by atoms with Crippen molar-refractivity contribution in [3.8, 4) is 0 Å². The van der Waals surface area contributed by atoms with Crippen LogP contribution in [-0.4, -0.2) is 25.0 Å². The zero-order valence-electron chi connectivity index (χ0n) is 11.7. The predicted molar refractivity (Wildman–Crippen MR) is 79.1 cm³/mol. The van der Waals surface area contributed by atoms with Crippen molar-refractivity contribution in [3.05, 3.63) is 65.5 Å². The molecule has 0 aromatic heterocycles. The molecule has 3 rings (SSSR count). The van der Waals surface area contributed by atoms with Crippen molar-refractivity contribution in [2.24, 2.45) is 0 Å². The summed E-state index contributed by atoms with van der Waals surface area (Å²) in [4.78, 5) is 13.6. The Morgan fingerprint density at radius 1 is 1.05 bits per heavy atom. The number of carbonyl (C=O) groups is 1. The second kappa shape index (κ2) is 5.53. The molecule has 0 bridgehead atoms. The van der Waals surface area contributed by atoms with E-state index in [1.54, 1.807) is 0 Å². The van der Waals surface area contributed by atoms with E-state index in [9.17, 15) is 17.6 Å². The molecule has 0 aliphatic carbocycles. The summed E-state index contributed by atoms with van der Waals surface area (Å²) < 4.78 is 37.6. The molecule has 0 saturated carbocycles. The molecule has 0 unspecified atom stereocenters. The molecular weight excluding hydrogens is 305 g/mol. The summed E-state index contributed by atoms with van der Waals surface area (Å²) in [6, 6.07) is 12.3. The summed E-state index contributed by atoms with van der Waals surface area (Å²) in [6.45, 7) is 0.821. The highest BCUT2D eigenvalue weighted by molar-refractivity contribution is 7.92. The van der Waals surface area contributed by atoms with Gasteiger partial charge in [-0.2, -0.15) is 0 Å². The Balaban J connectivity index is 1.75. The van der Waals surface area contributed by atoms with Gasteiger partial charge in [0.05, 0.1) is 4.90 Å². The molecular formula is C16H14FNO3S. The third-order valence-electron chi connectivity index (χ3n) is 3.66. The molecule has 1 aliphatic heterocycles. The summed E-state index contributed by atoms with van der Waals surface area (Å²) in [5, 5.41) is 0. The Kier molecular flexibility index (Phi) is 3.70. The number of hydrogen-bond donors (Lipinski definition) is 0. The first-order valence-corrected chi connectivity index (χ1v) is 8.44. The minimum absolute atomic E-state index is 0.169. The van der Waals surface area contributed by atoms with Crippen molar-refractivity contribution in [1.82, 2.24) is 4.90 Å². The van der Waals surface area contributed by atoms with E-state index in [-0.39, 0.29) is 4.90 Å². The van der Waals surface area contributed by atoms with Gasteiger partial charge in [0.1, 0.15) is 11.6 Å². The number of fused-ring (bicyclic) bond motifs is 1. The van der Waals surface area contributed by atoms with Crippen LogP contribution in [0.25, 0.3) is 0 Å². The first-order chi connectivity index (χ1) is 10.5. The fraction of sp³-hybridized carbons (Fsp3) is 0.188. The summed E-state index contributed by atoms with van der Waals surface area (Å²) in [7, 11) is -3.84. The zero-order chi connectivity index (χ0) is 15.7. The molecule has 0 atom stereocenters. The number of amides is 1. The summed E-state index contributed by atoms with van der Waals surface area (Å²) in [5.74, 6) is -1.76. The van der Waals surface area contributed by atoms with E-state index in [0.717, 1.165) is 23.3 Å². The van der Waals surface area contributed by atoms with Gasteiger partial charge in [-0.1, -0.05) is 30.3 Å². The lowest BCUT2D eigenvalue weighted by Gasteiger charge is -2.15. The number of hydrogen-bond acceptors (Lipinski definition) is 3. The molecule has 0 saturated heterocycles. The number of sulfone groups is 1. The molecule has 1 amide bonds. The van der Waals surface area contributed by atoms with Crippen LogP contribution in [0.4, 0.5) is 4.39 Å². The Bertz CT molecular complexity index is 808. The molecule has 6 heteroatoms. The number of nitrogens with zero attached hydrogens (tertiary/aromatic N) is 1. The first kappa shape index (κ1) is 14.7. The Morgan fingerprint density at radius 2 is 1.68 bits per heavy atom. The van der Waals surface area contributed by atoms with Crippen LogP contribution in [0.2, 0.25) is 0 Å². The normalized spacial score (nSPS) is 14.0. The molecule has 2 aromatic carbocycles. The minimum Gasteiger partial charge on any atom is -0.333 e. The molecule has 114 valence electrons. The molecule has 1 heterocycles. The van der Waals surface area contributed by atoms with E-state index in [1.807, 2.05) is 24.3 Å². The average molecular weight is 319 g/mol. The third kappa shape index (κ3) is 2.87. The lowest BCUT2D eigenvalue weighted by molar-refractivity contribution is -0.129. The molecule has 0 radical (unpaired) electrons. The van der Waals surface area contributed by atoms with Crippen LogP contribution in [-0.2, 0) is 27.7 Å². The van der Waals surface area contributed by atoms with Gasteiger partial charge in [-0.15, -0.1) is 0 Å². The van der Waals surface area contributed by atoms with Crippen LogP contribution in [0.15, 0.2) is 53.4 Å². The fourth-order valence-corrected chi connectivity index (χ4v) is 3.76. The van der Waals surface area contributed by atoms with Gasteiger partial charge in [-0.25, -0.2) is 12.8 Å². The smallest absolute Gasteiger partial charge is 0.238 e. The van der Waals surface area contributed by atoms with E-state index in [1.165, 1.54) is 17.0 Å². The van der Waals surface area contributed by atoms with Gasteiger partial charge in [0, 0.05) is 13.1 Å². The largest absolute Gasteiger partial charge is 0.333 e. The number of halogens is 1. The second-order valence-corrected chi connectivity index (χ2v) is 7.22. The van der Waals surface area contributed by atoms with Gasteiger partial charge >= 0.3 is 0 Å². The van der Waals surface area contributed by atoms with Crippen molar-refractivity contribution in [2.75, 3.05) is 5.75 Å². The van der Waals surface area contributed by atoms with Gasteiger partial charge in [0.2, 0.25) is 5.91 Å². The lowest BCUT2D eigenvalue weighted by Crippen LogP contribution is -2.31. The van der Waals surface area contributed by atoms with E-state index in [2.05, 4.69) is 0 Å². The Labute approximate surface area is 128 Å². The first-order valence-electron chi connectivity index (χ1n) is 6.78. The highest BCUT2D eigenvalue weighted by atomic mass is 32.2. The maximum Gasteiger partial charge on any atom is 0.238 e. The maximum absolute atomic E-state index is 13.2. The molecule has 22 heavy (non-hydrogen) atoms.